The monoisotopic (exact) mass is 399 g/mol. The van der Waals surface area contributed by atoms with Gasteiger partial charge < -0.3 is 4.74 Å². The Hall–Kier alpha value is -2.34. The van der Waals surface area contributed by atoms with E-state index in [4.69, 9.17) is 4.74 Å². The molecule has 0 aliphatic carbocycles. The molecule has 3 atom stereocenters. The highest BCUT2D eigenvalue weighted by Crippen LogP contribution is 2.51. The Morgan fingerprint density at radius 2 is 1.86 bits per heavy atom. The fourth-order valence-corrected chi connectivity index (χ4v) is 5.23. The topological polar surface area (TPSA) is 69.4 Å². The lowest BCUT2D eigenvalue weighted by atomic mass is 9.84. The summed E-state index contributed by atoms with van der Waals surface area (Å²) >= 11 is 1.51. The zero-order valence-corrected chi connectivity index (χ0v) is 17.1. The average molecular weight is 400 g/mol. The molecule has 0 aromatic heterocycles. The minimum absolute atomic E-state index is 0.0115. The number of rotatable bonds is 6. The summed E-state index contributed by atoms with van der Waals surface area (Å²) in [7, 11) is 0. The lowest BCUT2D eigenvalue weighted by molar-refractivity contribution is -0.527. The van der Waals surface area contributed by atoms with Crippen LogP contribution in [0.15, 0.2) is 53.4 Å². The first-order valence-electron chi connectivity index (χ1n) is 9.57. The Balaban J connectivity index is 2.02. The first-order chi connectivity index (χ1) is 13.4. The summed E-state index contributed by atoms with van der Waals surface area (Å²) in [5, 5.41) is 11.8. The Morgan fingerprint density at radius 3 is 2.46 bits per heavy atom. The van der Waals surface area contributed by atoms with Crippen LogP contribution in [0.25, 0.3) is 0 Å². The molecular formula is C22H25NO4S. The molecule has 148 valence electrons. The van der Waals surface area contributed by atoms with E-state index in [9.17, 15) is 14.9 Å². The van der Waals surface area contributed by atoms with E-state index in [-0.39, 0.29) is 23.2 Å². The van der Waals surface area contributed by atoms with Crippen LogP contribution in [0, 0.1) is 10.1 Å². The van der Waals surface area contributed by atoms with E-state index in [1.54, 1.807) is 6.92 Å². The largest absolute Gasteiger partial charge is 0.466 e. The fraction of sp³-hybridized carbons (Fsp3) is 0.409. The van der Waals surface area contributed by atoms with Gasteiger partial charge in [-0.25, -0.2) is 0 Å². The van der Waals surface area contributed by atoms with Gasteiger partial charge in [-0.2, -0.15) is 0 Å². The van der Waals surface area contributed by atoms with E-state index in [2.05, 4.69) is 13.8 Å². The van der Waals surface area contributed by atoms with Crippen LogP contribution in [0.4, 0.5) is 0 Å². The number of nitrogens with zero attached hydrogens (tertiary/aromatic N) is 1. The van der Waals surface area contributed by atoms with Gasteiger partial charge in [0.05, 0.1) is 18.9 Å². The van der Waals surface area contributed by atoms with Gasteiger partial charge in [0.2, 0.25) is 6.04 Å². The summed E-state index contributed by atoms with van der Waals surface area (Å²) < 4.78 is 5.10. The zero-order valence-electron chi connectivity index (χ0n) is 16.3. The van der Waals surface area contributed by atoms with Crippen molar-refractivity contribution in [2.45, 2.75) is 55.2 Å². The van der Waals surface area contributed by atoms with Crippen LogP contribution in [0.3, 0.4) is 0 Å². The molecule has 0 saturated carbocycles. The summed E-state index contributed by atoms with van der Waals surface area (Å²) in [5.41, 5.74) is 2.97. The maximum absolute atomic E-state index is 12.2. The number of benzene rings is 2. The molecular weight excluding hydrogens is 374 g/mol. The van der Waals surface area contributed by atoms with Gasteiger partial charge in [0.1, 0.15) is 5.25 Å². The van der Waals surface area contributed by atoms with Crippen molar-refractivity contribution in [1.82, 2.24) is 0 Å². The third kappa shape index (κ3) is 4.22. The van der Waals surface area contributed by atoms with Gasteiger partial charge in [-0.15, -0.1) is 11.8 Å². The van der Waals surface area contributed by atoms with Crippen LogP contribution in [-0.2, 0) is 9.53 Å². The number of hydrogen-bond donors (Lipinski definition) is 0. The molecule has 0 N–H and O–H groups in total. The van der Waals surface area contributed by atoms with Gasteiger partial charge in [0.25, 0.3) is 0 Å². The van der Waals surface area contributed by atoms with Gasteiger partial charge in [-0.3, -0.25) is 14.9 Å². The number of esters is 1. The van der Waals surface area contributed by atoms with Crippen LogP contribution < -0.4 is 0 Å². The summed E-state index contributed by atoms with van der Waals surface area (Å²) in [6.07, 6.45) is 0.0115. The number of fused-ring (bicyclic) bond motifs is 1. The highest BCUT2D eigenvalue weighted by Gasteiger charge is 2.47. The molecule has 0 bridgehead atoms. The van der Waals surface area contributed by atoms with Crippen molar-refractivity contribution in [3.63, 3.8) is 0 Å². The molecule has 0 fully saturated rings. The van der Waals surface area contributed by atoms with Crippen molar-refractivity contribution in [2.75, 3.05) is 6.61 Å². The molecule has 5 nitrogen and oxygen atoms in total. The Bertz CT molecular complexity index is 850. The van der Waals surface area contributed by atoms with Crippen molar-refractivity contribution in [3.8, 4) is 0 Å². The molecule has 2 aromatic rings. The smallest absolute Gasteiger partial charge is 0.306 e. The minimum Gasteiger partial charge on any atom is -0.466 e. The molecule has 0 spiro atoms. The minimum atomic E-state index is -0.894. The lowest BCUT2D eigenvalue weighted by Gasteiger charge is -2.33. The molecule has 0 amide bonds. The van der Waals surface area contributed by atoms with Gasteiger partial charge >= 0.3 is 5.97 Å². The SMILES string of the molecule is CCOC(=O)C[C@H]1c2ccccc2S[C@H](c2ccc(C(C)C)cc2)[C@H]1[N+](=O)[O-]. The second-order valence-corrected chi connectivity index (χ2v) is 8.47. The predicted molar refractivity (Wildman–Crippen MR) is 110 cm³/mol. The molecule has 0 saturated heterocycles. The number of carbonyl (C=O) groups is 1. The number of ether oxygens (including phenoxy) is 1. The van der Waals surface area contributed by atoms with Crippen molar-refractivity contribution in [1.29, 1.82) is 0 Å². The molecule has 1 aliphatic rings. The average Bonchev–Trinajstić information content (AvgIpc) is 2.67. The van der Waals surface area contributed by atoms with Crippen LogP contribution in [0.5, 0.6) is 0 Å². The van der Waals surface area contributed by atoms with Gasteiger partial charge in [0.15, 0.2) is 0 Å². The quantitative estimate of drug-likeness (QED) is 0.373. The summed E-state index contributed by atoms with van der Waals surface area (Å²) in [4.78, 5) is 25.1. The molecule has 0 radical (unpaired) electrons. The van der Waals surface area contributed by atoms with Crippen LogP contribution in [0.1, 0.15) is 61.0 Å². The predicted octanol–water partition coefficient (Wildman–Crippen LogP) is 5.34. The van der Waals surface area contributed by atoms with E-state index in [0.29, 0.717) is 5.92 Å². The Kier molecular flexibility index (Phi) is 6.39. The molecule has 0 unspecified atom stereocenters. The third-order valence-corrected chi connectivity index (χ3v) is 6.59. The molecule has 2 aromatic carbocycles. The molecule has 3 rings (SSSR count). The Labute approximate surface area is 169 Å². The lowest BCUT2D eigenvalue weighted by Crippen LogP contribution is -2.37. The number of thioether (sulfide) groups is 1. The first kappa shape index (κ1) is 20.4. The molecule has 6 heteroatoms. The second-order valence-electron chi connectivity index (χ2n) is 7.29. The van der Waals surface area contributed by atoms with Crippen molar-refractivity contribution >= 4 is 17.7 Å². The third-order valence-electron chi connectivity index (χ3n) is 5.16. The number of nitro groups is 1. The zero-order chi connectivity index (χ0) is 20.3. The van der Waals surface area contributed by atoms with E-state index >= 15 is 0 Å². The van der Waals surface area contributed by atoms with Crippen molar-refractivity contribution in [2.24, 2.45) is 0 Å². The second kappa shape index (κ2) is 8.78. The summed E-state index contributed by atoms with van der Waals surface area (Å²) in [6.45, 7) is 6.25. The standard InChI is InChI=1S/C22H25NO4S/c1-4-27-20(24)13-18-17-7-5-6-8-19(17)28-22(21(18)23(25)26)16-11-9-15(10-12-16)14(2)3/h5-12,14,18,21-22H,4,13H2,1-3H3/t18-,21-,22+/m0/s1. The van der Waals surface area contributed by atoms with Crippen LogP contribution >= 0.6 is 11.8 Å². The van der Waals surface area contributed by atoms with Gasteiger partial charge in [0, 0.05) is 9.82 Å². The van der Waals surface area contributed by atoms with Gasteiger partial charge in [-0.1, -0.05) is 56.3 Å². The van der Waals surface area contributed by atoms with Gasteiger partial charge in [-0.05, 0) is 35.6 Å². The van der Waals surface area contributed by atoms with E-state index < -0.39 is 17.9 Å². The summed E-state index contributed by atoms with van der Waals surface area (Å²) in [6, 6.07) is 14.8. The maximum Gasteiger partial charge on any atom is 0.306 e. The fourth-order valence-electron chi connectivity index (χ4n) is 3.72. The van der Waals surface area contributed by atoms with Crippen LogP contribution in [-0.4, -0.2) is 23.5 Å². The van der Waals surface area contributed by atoms with E-state index in [1.165, 1.54) is 17.3 Å². The number of carbonyl (C=O) groups excluding carboxylic acids is 1. The Morgan fingerprint density at radius 1 is 1.18 bits per heavy atom. The normalized spacial score (nSPS) is 21.2. The van der Waals surface area contributed by atoms with E-state index in [1.807, 2.05) is 48.5 Å². The highest BCUT2D eigenvalue weighted by atomic mass is 32.2. The van der Waals surface area contributed by atoms with Crippen molar-refractivity contribution in [3.05, 3.63) is 75.3 Å². The summed E-state index contributed by atoms with van der Waals surface area (Å²) in [5.74, 6) is -0.507. The molecule has 28 heavy (non-hydrogen) atoms. The first-order valence-corrected chi connectivity index (χ1v) is 10.4. The van der Waals surface area contributed by atoms with Crippen LogP contribution in [0.2, 0.25) is 0 Å². The molecule has 1 heterocycles. The maximum atomic E-state index is 12.2. The van der Waals surface area contributed by atoms with E-state index in [0.717, 1.165) is 16.0 Å². The van der Waals surface area contributed by atoms with Crippen molar-refractivity contribution < 1.29 is 14.5 Å². The number of hydrogen-bond acceptors (Lipinski definition) is 5. The highest BCUT2D eigenvalue weighted by molar-refractivity contribution is 7.99. The molecule has 1 aliphatic heterocycles.